The lowest BCUT2D eigenvalue weighted by atomic mass is 10.1. The average Bonchev–Trinajstić information content (AvgIpc) is 2.84. The van der Waals surface area contributed by atoms with Gasteiger partial charge in [-0.15, -0.1) is 11.8 Å². The van der Waals surface area contributed by atoms with E-state index >= 15 is 0 Å². The predicted molar refractivity (Wildman–Crippen MR) is 75.2 cm³/mol. The summed E-state index contributed by atoms with van der Waals surface area (Å²) in [7, 11) is 0. The van der Waals surface area contributed by atoms with Gasteiger partial charge in [-0.3, -0.25) is 0 Å². The molecular formula is C13H12Cl2O2S. The van der Waals surface area contributed by atoms with Crippen LogP contribution in [0.3, 0.4) is 0 Å². The van der Waals surface area contributed by atoms with Crippen LogP contribution in [-0.2, 0) is 9.47 Å². The molecule has 1 fully saturated rings. The molecule has 96 valence electrons. The summed E-state index contributed by atoms with van der Waals surface area (Å²) < 4.78 is 11.1. The number of halogens is 2. The predicted octanol–water partition coefficient (Wildman–Crippen LogP) is 4.16. The molecule has 1 unspecified atom stereocenters. The second-order valence-electron chi connectivity index (χ2n) is 4.24. The van der Waals surface area contributed by atoms with Crippen LogP contribution < -0.4 is 0 Å². The molecule has 0 N–H and O–H groups in total. The first-order chi connectivity index (χ1) is 8.66. The summed E-state index contributed by atoms with van der Waals surface area (Å²) in [6.45, 7) is 3.36. The summed E-state index contributed by atoms with van der Waals surface area (Å²) in [5.74, 6) is 0. The highest BCUT2D eigenvalue weighted by Crippen LogP contribution is 2.46. The van der Waals surface area contributed by atoms with Gasteiger partial charge in [0.15, 0.2) is 6.29 Å². The van der Waals surface area contributed by atoms with Crippen LogP contribution in [0.2, 0.25) is 5.02 Å². The molecule has 1 atom stereocenters. The summed E-state index contributed by atoms with van der Waals surface area (Å²) in [6, 6.07) is 5.79. The summed E-state index contributed by atoms with van der Waals surface area (Å²) >= 11 is 14.3. The van der Waals surface area contributed by atoms with Crippen molar-refractivity contribution in [2.45, 2.75) is 23.4 Å². The first kappa shape index (κ1) is 12.8. The molecule has 2 heterocycles. The van der Waals surface area contributed by atoms with Gasteiger partial charge < -0.3 is 9.47 Å². The van der Waals surface area contributed by atoms with Crippen LogP contribution in [0.4, 0.5) is 0 Å². The lowest BCUT2D eigenvalue weighted by Crippen LogP contribution is -2.22. The Morgan fingerprint density at radius 1 is 1.22 bits per heavy atom. The van der Waals surface area contributed by atoms with E-state index in [1.54, 1.807) is 11.8 Å². The van der Waals surface area contributed by atoms with Gasteiger partial charge in [0, 0.05) is 26.3 Å². The number of fused-ring (bicyclic) bond motifs is 1. The van der Waals surface area contributed by atoms with Crippen molar-refractivity contribution in [3.63, 3.8) is 0 Å². The van der Waals surface area contributed by atoms with Gasteiger partial charge in [0.05, 0.1) is 18.2 Å². The number of ether oxygens (including phenoxy) is 2. The summed E-state index contributed by atoms with van der Waals surface area (Å²) in [5, 5.41) is 1.65. The van der Waals surface area contributed by atoms with Gasteiger partial charge in [0.25, 0.3) is 0 Å². The van der Waals surface area contributed by atoms with E-state index in [1.165, 1.54) is 0 Å². The first-order valence-electron chi connectivity index (χ1n) is 5.76. The van der Waals surface area contributed by atoms with E-state index in [2.05, 4.69) is 6.92 Å². The molecular weight excluding hydrogens is 291 g/mol. The monoisotopic (exact) mass is 302 g/mol. The zero-order chi connectivity index (χ0) is 12.7. The molecule has 0 aromatic heterocycles. The molecule has 0 aliphatic carbocycles. The van der Waals surface area contributed by atoms with E-state index in [1.807, 2.05) is 18.2 Å². The topological polar surface area (TPSA) is 18.5 Å². The number of benzene rings is 1. The largest absolute Gasteiger partial charge is 0.346 e. The minimum atomic E-state index is -0.313. The van der Waals surface area contributed by atoms with Crippen molar-refractivity contribution in [2.24, 2.45) is 0 Å². The van der Waals surface area contributed by atoms with E-state index in [9.17, 15) is 0 Å². The number of hydrogen-bond acceptors (Lipinski definition) is 3. The van der Waals surface area contributed by atoms with Crippen LogP contribution in [-0.4, -0.2) is 24.8 Å². The third-order valence-electron chi connectivity index (χ3n) is 3.05. The Morgan fingerprint density at radius 2 is 1.94 bits per heavy atom. The van der Waals surface area contributed by atoms with Gasteiger partial charge in [-0.1, -0.05) is 23.2 Å². The van der Waals surface area contributed by atoms with Crippen LogP contribution in [0.15, 0.2) is 28.7 Å². The highest BCUT2D eigenvalue weighted by molar-refractivity contribution is 8.00. The summed E-state index contributed by atoms with van der Waals surface area (Å²) in [4.78, 5) is 1.15. The Balaban J connectivity index is 2.08. The number of rotatable bonds is 1. The van der Waals surface area contributed by atoms with Gasteiger partial charge in [-0.2, -0.15) is 0 Å². The van der Waals surface area contributed by atoms with Crippen LogP contribution in [0.25, 0.3) is 5.03 Å². The van der Waals surface area contributed by atoms with Crippen LogP contribution in [0, 0.1) is 0 Å². The Kier molecular flexibility index (Phi) is 3.61. The van der Waals surface area contributed by atoms with E-state index in [0.717, 1.165) is 16.0 Å². The molecule has 0 spiro atoms. The molecule has 1 saturated heterocycles. The van der Waals surface area contributed by atoms with Crippen molar-refractivity contribution in [2.75, 3.05) is 13.2 Å². The maximum atomic E-state index is 6.51. The molecule has 0 saturated carbocycles. The molecule has 0 amide bonds. The van der Waals surface area contributed by atoms with Crippen molar-refractivity contribution in [1.29, 1.82) is 0 Å². The maximum Gasteiger partial charge on any atom is 0.182 e. The molecule has 5 heteroatoms. The molecule has 0 radical (unpaired) electrons. The minimum Gasteiger partial charge on any atom is -0.346 e. The standard InChI is InChI=1S/C13H12Cl2O2S/c1-7-11(13-16-4-5-17-13)12(15)9-6-8(14)2-3-10(9)18-7/h2-3,6-7,13H,4-5H2,1H3. The van der Waals surface area contributed by atoms with E-state index in [-0.39, 0.29) is 11.5 Å². The molecule has 2 nitrogen and oxygen atoms in total. The lowest BCUT2D eigenvalue weighted by molar-refractivity contribution is -0.0118. The van der Waals surface area contributed by atoms with Crippen molar-refractivity contribution >= 4 is 40.0 Å². The quantitative estimate of drug-likeness (QED) is 0.776. The zero-order valence-electron chi connectivity index (χ0n) is 9.78. The van der Waals surface area contributed by atoms with Crippen LogP contribution >= 0.6 is 35.0 Å². The highest BCUT2D eigenvalue weighted by Gasteiger charge is 2.32. The Bertz CT molecular complexity index is 510. The molecule has 2 aliphatic rings. The normalized spacial score (nSPS) is 24.5. The van der Waals surface area contributed by atoms with Gasteiger partial charge in [0.1, 0.15) is 0 Å². The van der Waals surface area contributed by atoms with E-state index < -0.39 is 0 Å². The molecule has 18 heavy (non-hydrogen) atoms. The third-order valence-corrected chi connectivity index (χ3v) is 4.92. The average molecular weight is 303 g/mol. The smallest absolute Gasteiger partial charge is 0.182 e. The second-order valence-corrected chi connectivity index (χ2v) is 6.44. The van der Waals surface area contributed by atoms with Crippen molar-refractivity contribution in [3.05, 3.63) is 34.4 Å². The van der Waals surface area contributed by atoms with Crippen molar-refractivity contribution in [3.8, 4) is 0 Å². The van der Waals surface area contributed by atoms with Gasteiger partial charge >= 0.3 is 0 Å². The first-order valence-corrected chi connectivity index (χ1v) is 7.39. The van der Waals surface area contributed by atoms with Gasteiger partial charge in [0.2, 0.25) is 0 Å². The van der Waals surface area contributed by atoms with Gasteiger partial charge in [-0.25, -0.2) is 0 Å². The SMILES string of the molecule is CC1Sc2ccc(Cl)cc2C(Cl)=C1C1OCCO1. The van der Waals surface area contributed by atoms with Crippen LogP contribution in [0.5, 0.6) is 0 Å². The third kappa shape index (κ3) is 2.19. The molecule has 3 rings (SSSR count). The van der Waals surface area contributed by atoms with Crippen molar-refractivity contribution < 1.29 is 9.47 Å². The molecule has 2 aliphatic heterocycles. The second kappa shape index (κ2) is 5.06. The fourth-order valence-electron chi connectivity index (χ4n) is 2.20. The fraction of sp³-hybridized carbons (Fsp3) is 0.385. The molecule has 0 bridgehead atoms. The minimum absolute atomic E-state index is 0.245. The van der Waals surface area contributed by atoms with E-state index in [0.29, 0.717) is 23.3 Å². The van der Waals surface area contributed by atoms with E-state index in [4.69, 9.17) is 32.7 Å². The number of hydrogen-bond donors (Lipinski definition) is 0. The molecule has 1 aromatic carbocycles. The Hall–Kier alpha value is -0.190. The fourth-order valence-corrected chi connectivity index (χ4v) is 4.07. The van der Waals surface area contributed by atoms with Crippen LogP contribution in [0.1, 0.15) is 12.5 Å². The number of thioether (sulfide) groups is 1. The Labute approximate surface area is 120 Å². The zero-order valence-corrected chi connectivity index (χ0v) is 12.1. The molecule has 1 aromatic rings. The Morgan fingerprint density at radius 3 is 2.67 bits per heavy atom. The highest BCUT2D eigenvalue weighted by atomic mass is 35.5. The van der Waals surface area contributed by atoms with Gasteiger partial charge in [-0.05, 0) is 25.1 Å². The maximum absolute atomic E-state index is 6.51. The summed E-state index contributed by atoms with van der Waals surface area (Å²) in [6.07, 6.45) is -0.313. The lowest BCUT2D eigenvalue weighted by Gasteiger charge is -2.27. The summed E-state index contributed by atoms with van der Waals surface area (Å²) in [5.41, 5.74) is 1.98. The van der Waals surface area contributed by atoms with Crippen molar-refractivity contribution in [1.82, 2.24) is 0 Å².